The van der Waals surface area contributed by atoms with Gasteiger partial charge < -0.3 is 4.74 Å². The molecule has 2 heterocycles. The average Bonchev–Trinajstić information content (AvgIpc) is 3.08. The molecule has 23 heavy (non-hydrogen) atoms. The number of carbonyl (C=O) groups is 3. The number of ether oxygens (including phenoxy) is 1. The van der Waals surface area contributed by atoms with Crippen molar-refractivity contribution in [2.24, 2.45) is 0 Å². The number of carbonyl (C=O) groups excluding carboxylic acids is 3. The third-order valence-electron chi connectivity index (χ3n) is 2.96. The van der Waals surface area contributed by atoms with Crippen molar-refractivity contribution in [3.63, 3.8) is 0 Å². The summed E-state index contributed by atoms with van der Waals surface area (Å²) in [6.45, 7) is 0.806. The van der Waals surface area contributed by atoms with Gasteiger partial charge in [-0.3, -0.25) is 20.4 Å². The van der Waals surface area contributed by atoms with Gasteiger partial charge in [-0.25, -0.2) is 4.79 Å². The van der Waals surface area contributed by atoms with Crippen LogP contribution in [-0.4, -0.2) is 24.4 Å². The molecule has 3 rings (SSSR count). The van der Waals surface area contributed by atoms with Crippen molar-refractivity contribution in [2.75, 3.05) is 6.61 Å². The maximum atomic E-state index is 12.0. The van der Waals surface area contributed by atoms with Crippen LogP contribution in [0.4, 0.5) is 0 Å². The molecule has 0 fully saturated rings. The molecule has 0 aliphatic heterocycles. The van der Waals surface area contributed by atoms with Crippen molar-refractivity contribution in [3.8, 4) is 0 Å². The highest BCUT2D eigenvalue weighted by Gasteiger charge is 2.16. The van der Waals surface area contributed by atoms with Crippen LogP contribution in [0.15, 0.2) is 30.3 Å². The predicted octanol–water partition coefficient (Wildman–Crippen LogP) is 2.44. The molecule has 0 saturated carbocycles. The average molecular weight is 348 g/mol. The SMILES string of the molecule is CC(=O)NNC(=O)COC(=O)c1cc2sc3ccccc3c2s1. The van der Waals surface area contributed by atoms with Crippen LogP contribution < -0.4 is 10.9 Å². The summed E-state index contributed by atoms with van der Waals surface area (Å²) in [6, 6.07) is 9.76. The smallest absolute Gasteiger partial charge is 0.348 e. The van der Waals surface area contributed by atoms with E-state index in [1.54, 1.807) is 17.4 Å². The van der Waals surface area contributed by atoms with E-state index in [1.807, 2.05) is 24.3 Å². The summed E-state index contributed by atoms with van der Waals surface area (Å²) >= 11 is 2.96. The summed E-state index contributed by atoms with van der Waals surface area (Å²) in [5.74, 6) is -1.56. The summed E-state index contributed by atoms with van der Waals surface area (Å²) in [5, 5.41) is 1.11. The molecule has 3 aromatic rings. The number of hydrazine groups is 1. The maximum absolute atomic E-state index is 12.0. The molecule has 2 amide bonds. The molecule has 118 valence electrons. The van der Waals surface area contributed by atoms with E-state index in [-0.39, 0.29) is 0 Å². The number of amides is 2. The van der Waals surface area contributed by atoms with Crippen LogP contribution in [-0.2, 0) is 14.3 Å². The first-order valence-electron chi connectivity index (χ1n) is 6.68. The first-order chi connectivity index (χ1) is 11.0. The zero-order chi connectivity index (χ0) is 16.4. The minimum atomic E-state index is -0.600. The molecule has 0 spiro atoms. The fourth-order valence-electron chi connectivity index (χ4n) is 2.00. The maximum Gasteiger partial charge on any atom is 0.348 e. The van der Waals surface area contributed by atoms with Gasteiger partial charge in [0.25, 0.3) is 5.91 Å². The van der Waals surface area contributed by atoms with Crippen molar-refractivity contribution in [3.05, 3.63) is 35.2 Å². The molecular weight excluding hydrogens is 336 g/mol. The van der Waals surface area contributed by atoms with Crippen LogP contribution in [0.5, 0.6) is 0 Å². The lowest BCUT2D eigenvalue weighted by molar-refractivity contribution is -0.129. The van der Waals surface area contributed by atoms with Crippen LogP contribution in [0, 0.1) is 0 Å². The van der Waals surface area contributed by atoms with Crippen molar-refractivity contribution in [2.45, 2.75) is 6.92 Å². The fourth-order valence-corrected chi connectivity index (χ4v) is 4.41. The Morgan fingerprint density at radius 3 is 2.65 bits per heavy atom. The van der Waals surface area contributed by atoms with Crippen molar-refractivity contribution < 1.29 is 19.1 Å². The minimum Gasteiger partial charge on any atom is -0.451 e. The molecule has 0 saturated heterocycles. The zero-order valence-corrected chi connectivity index (χ0v) is 13.7. The normalized spacial score (nSPS) is 10.7. The Morgan fingerprint density at radius 2 is 1.87 bits per heavy atom. The Kier molecular flexibility index (Phi) is 4.26. The van der Waals surface area contributed by atoms with Gasteiger partial charge in [-0.2, -0.15) is 0 Å². The number of hydrogen-bond donors (Lipinski definition) is 2. The number of rotatable bonds is 3. The van der Waals surface area contributed by atoms with Crippen LogP contribution in [0.25, 0.3) is 19.5 Å². The minimum absolute atomic E-state index is 0.407. The summed E-state index contributed by atoms with van der Waals surface area (Å²) < 4.78 is 8.18. The third kappa shape index (κ3) is 3.33. The second-order valence-electron chi connectivity index (χ2n) is 4.71. The van der Waals surface area contributed by atoms with E-state index in [9.17, 15) is 14.4 Å². The van der Waals surface area contributed by atoms with Crippen molar-refractivity contribution in [1.82, 2.24) is 10.9 Å². The number of nitrogens with one attached hydrogen (secondary N) is 2. The van der Waals surface area contributed by atoms with E-state index in [0.717, 1.165) is 14.8 Å². The molecule has 6 nitrogen and oxygen atoms in total. The Balaban J connectivity index is 1.69. The molecule has 0 radical (unpaired) electrons. The molecule has 0 aliphatic carbocycles. The van der Waals surface area contributed by atoms with E-state index in [2.05, 4.69) is 10.9 Å². The van der Waals surface area contributed by atoms with Crippen molar-refractivity contribution in [1.29, 1.82) is 0 Å². The molecule has 0 unspecified atom stereocenters. The first-order valence-corrected chi connectivity index (χ1v) is 8.31. The molecule has 0 aliphatic rings. The summed E-state index contributed by atoms with van der Waals surface area (Å²) in [7, 11) is 0. The summed E-state index contributed by atoms with van der Waals surface area (Å²) in [6.07, 6.45) is 0. The van der Waals surface area contributed by atoms with Gasteiger partial charge in [-0.1, -0.05) is 18.2 Å². The highest BCUT2D eigenvalue weighted by Crippen LogP contribution is 2.39. The lowest BCUT2D eigenvalue weighted by Gasteiger charge is -2.05. The van der Waals surface area contributed by atoms with Gasteiger partial charge in [0.1, 0.15) is 4.88 Å². The van der Waals surface area contributed by atoms with Gasteiger partial charge >= 0.3 is 5.97 Å². The Hall–Kier alpha value is -2.45. The lowest BCUT2D eigenvalue weighted by Crippen LogP contribution is -2.42. The Bertz CT molecular complexity index is 913. The van der Waals surface area contributed by atoms with E-state index in [1.165, 1.54) is 23.0 Å². The Labute approximate surface area is 139 Å². The van der Waals surface area contributed by atoms with Crippen molar-refractivity contribution >= 4 is 59.9 Å². The molecule has 0 bridgehead atoms. The monoisotopic (exact) mass is 348 g/mol. The highest BCUT2D eigenvalue weighted by molar-refractivity contribution is 7.33. The summed E-state index contributed by atoms with van der Waals surface area (Å²) in [4.78, 5) is 34.5. The molecule has 1 aromatic carbocycles. The number of benzene rings is 1. The number of thiophene rings is 2. The van der Waals surface area contributed by atoms with Gasteiger partial charge in [0.15, 0.2) is 6.61 Å². The standard InChI is InChI=1S/C15H12N2O4S2/c1-8(18)16-17-13(19)7-21-15(20)12-6-11-14(23-12)9-4-2-3-5-10(9)22-11/h2-6H,7H2,1H3,(H,16,18)(H,17,19). The van der Waals surface area contributed by atoms with Crippen LogP contribution in [0.3, 0.4) is 0 Å². The largest absolute Gasteiger partial charge is 0.451 e. The topological polar surface area (TPSA) is 84.5 Å². The summed E-state index contributed by atoms with van der Waals surface area (Å²) in [5.41, 5.74) is 4.25. The Morgan fingerprint density at radius 1 is 1.09 bits per heavy atom. The first kappa shape index (κ1) is 15.4. The van der Waals surface area contributed by atoms with Gasteiger partial charge in [-0.15, -0.1) is 22.7 Å². The molecule has 8 heteroatoms. The van der Waals surface area contributed by atoms with E-state index >= 15 is 0 Å². The molecular formula is C15H12N2O4S2. The highest BCUT2D eigenvalue weighted by atomic mass is 32.1. The number of esters is 1. The second kappa shape index (κ2) is 6.35. The predicted molar refractivity (Wildman–Crippen MR) is 89.4 cm³/mol. The zero-order valence-electron chi connectivity index (χ0n) is 12.0. The number of fused-ring (bicyclic) bond motifs is 3. The third-order valence-corrected chi connectivity index (χ3v) is 5.36. The fraction of sp³-hybridized carbons (Fsp3) is 0.133. The van der Waals surface area contributed by atoms with Crippen LogP contribution in [0.2, 0.25) is 0 Å². The quantitative estimate of drug-likeness (QED) is 0.562. The van der Waals surface area contributed by atoms with E-state index in [4.69, 9.17) is 4.74 Å². The van der Waals surface area contributed by atoms with Gasteiger partial charge in [0.05, 0.1) is 4.70 Å². The van der Waals surface area contributed by atoms with Crippen LogP contribution >= 0.6 is 22.7 Å². The molecule has 2 N–H and O–H groups in total. The van der Waals surface area contributed by atoms with Gasteiger partial charge in [0, 0.05) is 21.7 Å². The van der Waals surface area contributed by atoms with Crippen LogP contribution in [0.1, 0.15) is 16.6 Å². The second-order valence-corrected chi connectivity index (χ2v) is 6.84. The van der Waals surface area contributed by atoms with Gasteiger partial charge in [-0.05, 0) is 12.1 Å². The molecule has 2 aromatic heterocycles. The van der Waals surface area contributed by atoms with E-state index < -0.39 is 24.4 Å². The number of hydrogen-bond acceptors (Lipinski definition) is 6. The molecule has 0 atom stereocenters. The van der Waals surface area contributed by atoms with Gasteiger partial charge in [0.2, 0.25) is 5.91 Å². The van der Waals surface area contributed by atoms with E-state index in [0.29, 0.717) is 4.88 Å². The lowest BCUT2D eigenvalue weighted by atomic mass is 10.2.